The number of anilines is 2. The Kier molecular flexibility index (Phi) is 4.80. The Balaban J connectivity index is 2.01. The fraction of sp³-hybridized carbons (Fsp3) is 0.450. The van der Waals surface area contributed by atoms with Crippen LogP contribution in [0, 0.1) is 0 Å². The average molecular weight is 382 g/mol. The molecule has 8 heteroatoms. The van der Waals surface area contributed by atoms with Gasteiger partial charge in [0.1, 0.15) is 11.4 Å². The fourth-order valence-corrected chi connectivity index (χ4v) is 3.90. The summed E-state index contributed by atoms with van der Waals surface area (Å²) in [7, 11) is 0. The van der Waals surface area contributed by atoms with E-state index in [1.54, 1.807) is 0 Å². The Bertz CT molecular complexity index is 1030. The molecule has 3 heterocycles. The molecule has 0 spiro atoms. The van der Waals surface area contributed by atoms with Crippen molar-refractivity contribution in [3.05, 3.63) is 40.8 Å². The lowest BCUT2D eigenvalue weighted by atomic mass is 10.1. The van der Waals surface area contributed by atoms with Crippen LogP contribution in [0.25, 0.3) is 16.9 Å². The van der Waals surface area contributed by atoms with Gasteiger partial charge in [0.15, 0.2) is 5.65 Å². The van der Waals surface area contributed by atoms with Crippen LogP contribution in [0.15, 0.2) is 35.1 Å². The molecule has 1 fully saturated rings. The van der Waals surface area contributed by atoms with Crippen LogP contribution in [-0.2, 0) is 11.3 Å². The smallest absolute Gasteiger partial charge is 0.353 e. The van der Waals surface area contributed by atoms with E-state index in [1.807, 2.05) is 37.3 Å². The molecule has 1 aliphatic rings. The molecule has 1 aliphatic heterocycles. The zero-order chi connectivity index (χ0) is 19.8. The molecule has 2 aromatic heterocycles. The highest BCUT2D eigenvalue weighted by Gasteiger charge is 2.29. The van der Waals surface area contributed by atoms with Crippen LogP contribution in [-0.4, -0.2) is 44.5 Å². The summed E-state index contributed by atoms with van der Waals surface area (Å²) in [6.07, 6.45) is 0.938. The van der Waals surface area contributed by atoms with Crippen molar-refractivity contribution in [3.8, 4) is 11.3 Å². The molecule has 28 heavy (non-hydrogen) atoms. The molecular weight excluding hydrogens is 356 g/mol. The monoisotopic (exact) mass is 382 g/mol. The molecule has 1 saturated heterocycles. The predicted molar refractivity (Wildman–Crippen MR) is 110 cm³/mol. The molecule has 8 nitrogen and oxygen atoms in total. The summed E-state index contributed by atoms with van der Waals surface area (Å²) in [6.45, 7) is 8.04. The maximum atomic E-state index is 12.9. The van der Waals surface area contributed by atoms with Gasteiger partial charge in [-0.2, -0.15) is 0 Å². The Morgan fingerprint density at radius 2 is 1.86 bits per heavy atom. The van der Waals surface area contributed by atoms with E-state index in [-0.39, 0.29) is 23.8 Å². The summed E-state index contributed by atoms with van der Waals surface area (Å²) in [5.74, 6) is 0.152. The van der Waals surface area contributed by atoms with E-state index in [9.17, 15) is 4.79 Å². The van der Waals surface area contributed by atoms with Gasteiger partial charge in [0.05, 0.1) is 12.2 Å². The van der Waals surface area contributed by atoms with Crippen molar-refractivity contribution >= 4 is 17.3 Å². The first-order chi connectivity index (χ1) is 13.5. The number of nitrogens with zero attached hydrogens (tertiary/aromatic N) is 5. The molecule has 4 rings (SSSR count). The van der Waals surface area contributed by atoms with Crippen molar-refractivity contribution < 1.29 is 4.74 Å². The highest BCUT2D eigenvalue weighted by atomic mass is 16.5. The Morgan fingerprint density at radius 3 is 2.50 bits per heavy atom. The maximum absolute atomic E-state index is 12.9. The van der Waals surface area contributed by atoms with Gasteiger partial charge in [0, 0.05) is 25.2 Å². The van der Waals surface area contributed by atoms with Crippen LogP contribution in [0.1, 0.15) is 27.2 Å². The number of benzene rings is 1. The fourth-order valence-electron chi connectivity index (χ4n) is 3.90. The standard InChI is InChI=1S/C20H26N6O2/c1-4-10-25-20(27)26-18(23-25)17(24-11-13(2)28-14(3)12-24)16(22-19(26)21)15-8-6-5-7-9-15/h5-9,13-14H,4,10-12H2,1-3H3,(H2,21,22). The first-order valence-electron chi connectivity index (χ1n) is 9.74. The van der Waals surface area contributed by atoms with Crippen LogP contribution >= 0.6 is 0 Å². The predicted octanol–water partition coefficient (Wildman–Crippen LogP) is 2.16. The van der Waals surface area contributed by atoms with Gasteiger partial charge in [-0.15, -0.1) is 5.10 Å². The molecule has 148 valence electrons. The van der Waals surface area contributed by atoms with E-state index in [1.165, 1.54) is 9.08 Å². The first-order valence-corrected chi connectivity index (χ1v) is 9.74. The van der Waals surface area contributed by atoms with Gasteiger partial charge in [0.25, 0.3) is 0 Å². The lowest BCUT2D eigenvalue weighted by molar-refractivity contribution is -0.00513. The summed E-state index contributed by atoms with van der Waals surface area (Å²) >= 11 is 0. The van der Waals surface area contributed by atoms with Gasteiger partial charge >= 0.3 is 5.69 Å². The summed E-state index contributed by atoms with van der Waals surface area (Å²) in [4.78, 5) is 19.7. The number of aromatic nitrogens is 4. The van der Waals surface area contributed by atoms with Crippen molar-refractivity contribution in [2.45, 2.75) is 45.9 Å². The molecule has 0 bridgehead atoms. The zero-order valence-electron chi connectivity index (χ0n) is 16.5. The highest BCUT2D eigenvalue weighted by molar-refractivity contribution is 5.86. The van der Waals surface area contributed by atoms with Crippen molar-refractivity contribution in [1.82, 2.24) is 19.2 Å². The van der Waals surface area contributed by atoms with Gasteiger partial charge in [0.2, 0.25) is 5.95 Å². The number of rotatable bonds is 4. The number of hydrogen-bond acceptors (Lipinski definition) is 6. The number of nitrogens with two attached hydrogens (primary N) is 1. The van der Waals surface area contributed by atoms with Crippen LogP contribution in [0.3, 0.4) is 0 Å². The molecule has 2 unspecified atom stereocenters. The second-order valence-corrected chi connectivity index (χ2v) is 7.36. The Labute approximate surface area is 163 Å². The molecule has 0 radical (unpaired) electrons. The topological polar surface area (TPSA) is 90.7 Å². The molecule has 0 aliphatic carbocycles. The average Bonchev–Trinajstić information content (AvgIpc) is 2.98. The van der Waals surface area contributed by atoms with Crippen molar-refractivity contribution in [2.75, 3.05) is 23.7 Å². The van der Waals surface area contributed by atoms with Crippen molar-refractivity contribution in [1.29, 1.82) is 0 Å². The van der Waals surface area contributed by atoms with Gasteiger partial charge in [-0.3, -0.25) is 0 Å². The van der Waals surface area contributed by atoms with Gasteiger partial charge < -0.3 is 15.4 Å². The van der Waals surface area contributed by atoms with E-state index in [4.69, 9.17) is 10.5 Å². The third-order valence-corrected chi connectivity index (χ3v) is 4.95. The van der Waals surface area contributed by atoms with E-state index in [0.29, 0.717) is 25.3 Å². The number of ether oxygens (including phenoxy) is 1. The lowest BCUT2D eigenvalue weighted by Crippen LogP contribution is -2.46. The second-order valence-electron chi connectivity index (χ2n) is 7.36. The van der Waals surface area contributed by atoms with E-state index < -0.39 is 0 Å². The molecule has 0 saturated carbocycles. The molecule has 1 aromatic carbocycles. The third kappa shape index (κ3) is 3.13. The lowest BCUT2D eigenvalue weighted by Gasteiger charge is -2.37. The second kappa shape index (κ2) is 7.27. The van der Waals surface area contributed by atoms with Crippen LogP contribution in [0.4, 0.5) is 11.6 Å². The van der Waals surface area contributed by atoms with Crippen molar-refractivity contribution in [2.24, 2.45) is 0 Å². The number of morpholine rings is 1. The van der Waals surface area contributed by atoms with Gasteiger partial charge in [-0.05, 0) is 20.3 Å². The first kappa shape index (κ1) is 18.5. The van der Waals surface area contributed by atoms with Crippen LogP contribution in [0.5, 0.6) is 0 Å². The third-order valence-electron chi connectivity index (χ3n) is 4.95. The molecule has 0 amide bonds. The Morgan fingerprint density at radius 1 is 1.18 bits per heavy atom. The molecule has 3 aromatic rings. The summed E-state index contributed by atoms with van der Waals surface area (Å²) in [5, 5.41) is 4.64. The zero-order valence-corrected chi connectivity index (χ0v) is 16.5. The van der Waals surface area contributed by atoms with Gasteiger partial charge in [-0.1, -0.05) is 37.3 Å². The van der Waals surface area contributed by atoms with E-state index >= 15 is 0 Å². The number of fused-ring (bicyclic) bond motifs is 1. The van der Waals surface area contributed by atoms with Crippen LogP contribution < -0.4 is 16.3 Å². The SMILES string of the molecule is CCCn1nc2c(N3CC(C)OC(C)C3)c(-c3ccccc3)nc(N)n2c1=O. The maximum Gasteiger partial charge on any atom is 0.353 e. The largest absolute Gasteiger partial charge is 0.372 e. The molecule has 2 N–H and O–H groups in total. The highest BCUT2D eigenvalue weighted by Crippen LogP contribution is 2.34. The number of hydrogen-bond donors (Lipinski definition) is 1. The normalized spacial score (nSPS) is 20.0. The Hall–Kier alpha value is -2.87. The minimum atomic E-state index is -0.253. The minimum absolute atomic E-state index is 0.0643. The molecular formula is C20H26N6O2. The van der Waals surface area contributed by atoms with E-state index in [2.05, 4.69) is 28.8 Å². The summed E-state index contributed by atoms with van der Waals surface area (Å²) in [5.41, 5.74) is 9.01. The quantitative estimate of drug-likeness (QED) is 0.744. The summed E-state index contributed by atoms with van der Waals surface area (Å²) in [6, 6.07) is 9.89. The molecule has 2 atom stereocenters. The van der Waals surface area contributed by atoms with E-state index in [0.717, 1.165) is 23.4 Å². The summed E-state index contributed by atoms with van der Waals surface area (Å²) < 4.78 is 8.80. The number of nitrogen functional groups attached to an aromatic ring is 1. The number of aryl methyl sites for hydroxylation is 1. The van der Waals surface area contributed by atoms with Gasteiger partial charge in [-0.25, -0.2) is 18.9 Å². The van der Waals surface area contributed by atoms with Crippen LogP contribution in [0.2, 0.25) is 0 Å². The van der Waals surface area contributed by atoms with Crippen molar-refractivity contribution in [3.63, 3.8) is 0 Å². The minimum Gasteiger partial charge on any atom is -0.372 e.